The van der Waals surface area contributed by atoms with Gasteiger partial charge in [-0.15, -0.1) is 0 Å². The Morgan fingerprint density at radius 2 is 1.76 bits per heavy atom. The van der Waals surface area contributed by atoms with E-state index in [0.717, 1.165) is 32.3 Å². The molecule has 0 saturated heterocycles. The Labute approximate surface area is 105 Å². The lowest BCUT2D eigenvalue weighted by molar-refractivity contribution is -0.139. The average molecular weight is 242 g/mol. The number of rotatable bonds is 9. The first-order chi connectivity index (χ1) is 7.89. The maximum Gasteiger partial charge on any atom is 0.333 e. The van der Waals surface area contributed by atoms with Crippen LogP contribution in [0.3, 0.4) is 0 Å². The highest BCUT2D eigenvalue weighted by molar-refractivity contribution is 5.86. The third-order valence-corrected chi connectivity index (χ3v) is 2.71. The van der Waals surface area contributed by atoms with Crippen molar-refractivity contribution in [2.24, 2.45) is 0 Å². The van der Waals surface area contributed by atoms with E-state index in [1.165, 1.54) is 0 Å². The summed E-state index contributed by atoms with van der Waals surface area (Å²) in [5, 5.41) is 0. The highest BCUT2D eigenvalue weighted by Crippen LogP contribution is 2.14. The second-order valence-corrected chi connectivity index (χ2v) is 4.94. The number of carbonyl (C=O) groups excluding carboxylic acids is 1. The van der Waals surface area contributed by atoms with Crippen molar-refractivity contribution in [3.05, 3.63) is 12.2 Å². The van der Waals surface area contributed by atoms with Crippen LogP contribution in [0.5, 0.6) is 0 Å². The van der Waals surface area contributed by atoms with Crippen molar-refractivity contribution < 1.29 is 14.3 Å². The van der Waals surface area contributed by atoms with Gasteiger partial charge in [-0.3, -0.25) is 0 Å². The van der Waals surface area contributed by atoms with Crippen LogP contribution in [0.1, 0.15) is 53.4 Å². The molecule has 0 aliphatic carbocycles. The van der Waals surface area contributed by atoms with Crippen molar-refractivity contribution in [3.8, 4) is 0 Å². The van der Waals surface area contributed by atoms with Gasteiger partial charge in [-0.1, -0.05) is 13.5 Å². The fourth-order valence-electron chi connectivity index (χ4n) is 1.12. The molecular weight excluding hydrogens is 216 g/mol. The Balaban J connectivity index is 3.36. The molecule has 0 aromatic heterocycles. The molecule has 0 unspecified atom stereocenters. The molecule has 17 heavy (non-hydrogen) atoms. The predicted octanol–water partition coefficient (Wildman–Crippen LogP) is 3.48. The Bertz CT molecular complexity index is 244. The van der Waals surface area contributed by atoms with Gasteiger partial charge in [0.05, 0.1) is 12.2 Å². The maximum atomic E-state index is 11.1. The van der Waals surface area contributed by atoms with E-state index < -0.39 is 0 Å². The van der Waals surface area contributed by atoms with E-state index in [1.807, 2.05) is 0 Å². The van der Waals surface area contributed by atoms with E-state index >= 15 is 0 Å². The van der Waals surface area contributed by atoms with Crippen LogP contribution in [0.15, 0.2) is 12.2 Å². The van der Waals surface area contributed by atoms with Crippen LogP contribution in [0.25, 0.3) is 0 Å². The summed E-state index contributed by atoms with van der Waals surface area (Å²) in [6.07, 6.45) is 3.93. The minimum absolute atomic E-state index is 0.0214. The van der Waals surface area contributed by atoms with Gasteiger partial charge in [-0.25, -0.2) is 4.79 Å². The summed E-state index contributed by atoms with van der Waals surface area (Å²) in [5.74, 6) is -0.298. The minimum atomic E-state index is -0.298. The van der Waals surface area contributed by atoms with Gasteiger partial charge in [-0.2, -0.15) is 0 Å². The molecule has 0 fully saturated rings. The molecule has 3 heteroatoms. The van der Waals surface area contributed by atoms with Crippen molar-refractivity contribution in [3.63, 3.8) is 0 Å². The largest absolute Gasteiger partial charge is 0.462 e. The molecule has 0 rings (SSSR count). The first-order valence-electron chi connectivity index (χ1n) is 6.35. The third kappa shape index (κ3) is 8.93. The monoisotopic (exact) mass is 242 g/mol. The van der Waals surface area contributed by atoms with Gasteiger partial charge in [0.15, 0.2) is 0 Å². The summed E-state index contributed by atoms with van der Waals surface area (Å²) >= 11 is 0. The van der Waals surface area contributed by atoms with Crippen molar-refractivity contribution in [2.45, 2.75) is 59.0 Å². The molecule has 0 bridgehead atoms. The highest BCUT2D eigenvalue weighted by atomic mass is 16.5. The Hall–Kier alpha value is -0.830. The normalized spacial score (nSPS) is 11.3. The summed E-state index contributed by atoms with van der Waals surface area (Å²) in [6.45, 7) is 12.7. The smallest absolute Gasteiger partial charge is 0.333 e. The number of unbranched alkanes of at least 4 members (excludes halogenated alkanes) is 2. The van der Waals surface area contributed by atoms with Gasteiger partial charge in [0.25, 0.3) is 0 Å². The number of hydrogen-bond acceptors (Lipinski definition) is 3. The van der Waals surface area contributed by atoms with Gasteiger partial charge < -0.3 is 9.47 Å². The minimum Gasteiger partial charge on any atom is -0.462 e. The van der Waals surface area contributed by atoms with Crippen molar-refractivity contribution in [1.29, 1.82) is 0 Å². The second-order valence-electron chi connectivity index (χ2n) is 4.94. The molecule has 0 saturated carbocycles. The van der Waals surface area contributed by atoms with E-state index in [2.05, 4.69) is 27.4 Å². The highest BCUT2D eigenvalue weighted by Gasteiger charge is 2.14. The lowest BCUT2D eigenvalue weighted by Crippen LogP contribution is -2.23. The summed E-state index contributed by atoms with van der Waals surface area (Å²) in [6, 6.07) is 0. The number of esters is 1. The van der Waals surface area contributed by atoms with E-state index in [-0.39, 0.29) is 11.6 Å². The van der Waals surface area contributed by atoms with Crippen LogP contribution in [0.4, 0.5) is 0 Å². The molecular formula is C14H26O3. The molecule has 0 aromatic rings. The van der Waals surface area contributed by atoms with Gasteiger partial charge in [-0.05, 0) is 46.5 Å². The van der Waals surface area contributed by atoms with E-state index in [0.29, 0.717) is 12.2 Å². The maximum absolute atomic E-state index is 11.1. The van der Waals surface area contributed by atoms with Gasteiger partial charge in [0.1, 0.15) is 0 Å². The molecule has 0 amide bonds. The summed E-state index contributed by atoms with van der Waals surface area (Å²) in [7, 11) is 0. The van der Waals surface area contributed by atoms with Crippen LogP contribution in [0, 0.1) is 0 Å². The van der Waals surface area contributed by atoms with E-state index in [9.17, 15) is 4.79 Å². The molecule has 0 N–H and O–H groups in total. The van der Waals surface area contributed by atoms with Gasteiger partial charge in [0.2, 0.25) is 0 Å². The molecule has 0 radical (unpaired) electrons. The molecule has 0 atom stereocenters. The zero-order valence-corrected chi connectivity index (χ0v) is 11.7. The van der Waals surface area contributed by atoms with Crippen LogP contribution in [0.2, 0.25) is 0 Å². The molecule has 0 aromatic carbocycles. The van der Waals surface area contributed by atoms with Crippen LogP contribution < -0.4 is 0 Å². The van der Waals surface area contributed by atoms with Gasteiger partial charge in [0, 0.05) is 12.2 Å². The summed E-state index contributed by atoms with van der Waals surface area (Å²) < 4.78 is 10.7. The zero-order chi connectivity index (χ0) is 13.3. The number of carbonyl (C=O) groups is 1. The van der Waals surface area contributed by atoms with E-state index in [1.54, 1.807) is 6.92 Å². The van der Waals surface area contributed by atoms with Crippen molar-refractivity contribution in [2.75, 3.05) is 13.2 Å². The fraction of sp³-hybridized carbons (Fsp3) is 0.786. The Morgan fingerprint density at radius 1 is 1.18 bits per heavy atom. The zero-order valence-electron chi connectivity index (χ0n) is 11.7. The number of hydrogen-bond donors (Lipinski definition) is 0. The lowest BCUT2D eigenvalue weighted by Gasteiger charge is -2.23. The molecule has 0 spiro atoms. The summed E-state index contributed by atoms with van der Waals surface area (Å²) in [4.78, 5) is 11.1. The fourth-order valence-corrected chi connectivity index (χ4v) is 1.12. The van der Waals surface area contributed by atoms with E-state index in [4.69, 9.17) is 9.47 Å². The standard InChI is InChI=1S/C14H26O3/c1-6-14(4,5)17-11-9-7-8-10-16-13(15)12(2)3/h2,6-11H2,1,3-5H3. The lowest BCUT2D eigenvalue weighted by atomic mass is 10.1. The quantitative estimate of drug-likeness (QED) is 0.353. The molecule has 0 heterocycles. The second kappa shape index (κ2) is 8.29. The summed E-state index contributed by atoms with van der Waals surface area (Å²) in [5.41, 5.74) is 0.435. The van der Waals surface area contributed by atoms with Crippen molar-refractivity contribution >= 4 is 5.97 Å². The molecule has 0 aliphatic heterocycles. The van der Waals surface area contributed by atoms with Crippen molar-refractivity contribution in [1.82, 2.24) is 0 Å². The first-order valence-corrected chi connectivity index (χ1v) is 6.35. The van der Waals surface area contributed by atoms with Crippen LogP contribution >= 0.6 is 0 Å². The average Bonchev–Trinajstić information content (AvgIpc) is 2.27. The Morgan fingerprint density at radius 3 is 2.29 bits per heavy atom. The predicted molar refractivity (Wildman–Crippen MR) is 69.9 cm³/mol. The SMILES string of the molecule is C=C(C)C(=O)OCCCCCOC(C)(C)CC. The topological polar surface area (TPSA) is 35.5 Å². The Kier molecular flexibility index (Phi) is 7.88. The molecule has 100 valence electrons. The third-order valence-electron chi connectivity index (χ3n) is 2.71. The molecule has 3 nitrogen and oxygen atoms in total. The van der Waals surface area contributed by atoms with Crippen LogP contribution in [-0.2, 0) is 14.3 Å². The van der Waals surface area contributed by atoms with Gasteiger partial charge >= 0.3 is 5.97 Å². The molecule has 0 aliphatic rings. The van der Waals surface area contributed by atoms with Crippen LogP contribution in [-0.4, -0.2) is 24.8 Å². The number of ether oxygens (including phenoxy) is 2. The first kappa shape index (κ1) is 16.2.